The first-order valence-corrected chi connectivity index (χ1v) is 9.47. The molecule has 1 N–H and O–H groups in total. The van der Waals surface area contributed by atoms with Crippen LogP contribution in [-0.2, 0) is 28.8 Å². The van der Waals surface area contributed by atoms with Crippen molar-refractivity contribution in [3.05, 3.63) is 0 Å². The van der Waals surface area contributed by atoms with Gasteiger partial charge in [-0.25, -0.2) is 4.79 Å². The summed E-state index contributed by atoms with van der Waals surface area (Å²) < 4.78 is 17.9. The minimum atomic E-state index is -0.448. The summed E-state index contributed by atoms with van der Waals surface area (Å²) in [6.07, 6.45) is 5.80. The van der Waals surface area contributed by atoms with Crippen LogP contribution < -0.4 is 0 Å². The third kappa shape index (κ3) is 5.14. The van der Waals surface area contributed by atoms with Gasteiger partial charge in [0.25, 0.3) is 0 Å². The van der Waals surface area contributed by atoms with E-state index in [1.807, 2.05) is 0 Å². The number of aliphatic hydroxyl groups is 1. The average Bonchev–Trinajstić information content (AvgIpc) is 2.81. The highest BCUT2D eigenvalue weighted by atomic mass is 17.2. The number of rotatable bonds is 6. The number of hydrogen-bond donors (Lipinski definition) is 1. The van der Waals surface area contributed by atoms with Gasteiger partial charge in [0, 0.05) is 38.4 Å². The highest BCUT2D eigenvalue weighted by Gasteiger charge is 2.46. The molecule has 0 amide bonds. The van der Waals surface area contributed by atoms with E-state index in [1.54, 1.807) is 0 Å². The van der Waals surface area contributed by atoms with Crippen molar-refractivity contribution in [1.82, 2.24) is 0 Å². The number of fused-ring (bicyclic) bond motifs is 1. The molecule has 3 rings (SSSR count). The first-order valence-electron chi connectivity index (χ1n) is 9.47. The van der Waals surface area contributed by atoms with Crippen LogP contribution in [0.5, 0.6) is 0 Å². The Balaban J connectivity index is 1.50. The van der Waals surface area contributed by atoms with Gasteiger partial charge >= 0.3 is 5.97 Å². The largest absolute Gasteiger partial charge is 0.396 e. The van der Waals surface area contributed by atoms with E-state index < -0.39 is 5.97 Å². The minimum absolute atomic E-state index is 0.00283. The topological polar surface area (TPSA) is 83.5 Å². The number of hydrogen-bond acceptors (Lipinski definition) is 7. The van der Waals surface area contributed by atoms with Crippen molar-refractivity contribution in [1.29, 1.82) is 0 Å². The standard InChI is InChI=1S/C18H30O7/c1-12(20)25-23-11-13-5-6-14-15(9-19)17(8-16(14)22-10-13)24-18-4-2-3-7-21-18/h13-19H,2-11H2,1H3/t13-,14-,15-,16+,17-,18?/m1/s1. The molecule has 0 aromatic heterocycles. The molecule has 0 aromatic carbocycles. The first kappa shape index (κ1) is 19.0. The predicted molar refractivity (Wildman–Crippen MR) is 87.3 cm³/mol. The Labute approximate surface area is 148 Å². The van der Waals surface area contributed by atoms with Gasteiger partial charge in [0.2, 0.25) is 0 Å². The van der Waals surface area contributed by atoms with Crippen molar-refractivity contribution in [2.75, 3.05) is 26.4 Å². The summed E-state index contributed by atoms with van der Waals surface area (Å²) in [5, 5.41) is 9.91. The fraction of sp³-hybridized carbons (Fsp3) is 0.944. The SMILES string of the molecule is CC(=O)OOC[C@@H]1CC[C@@H]2[C@@H](CO)[C@H](OC3CCCCO3)C[C@@H]2OC1. The Morgan fingerprint density at radius 3 is 2.80 bits per heavy atom. The molecule has 0 bridgehead atoms. The Morgan fingerprint density at radius 2 is 2.08 bits per heavy atom. The van der Waals surface area contributed by atoms with Crippen LogP contribution in [0.15, 0.2) is 0 Å². The van der Waals surface area contributed by atoms with Gasteiger partial charge in [-0.15, -0.1) is 0 Å². The number of carbonyl (C=O) groups excluding carboxylic acids is 1. The normalized spacial score (nSPS) is 38.8. The molecule has 6 atom stereocenters. The summed E-state index contributed by atoms with van der Waals surface area (Å²) in [7, 11) is 0. The lowest BCUT2D eigenvalue weighted by atomic mass is 9.88. The van der Waals surface area contributed by atoms with Gasteiger partial charge in [0.15, 0.2) is 6.29 Å². The summed E-state index contributed by atoms with van der Waals surface area (Å²) >= 11 is 0. The van der Waals surface area contributed by atoms with E-state index in [9.17, 15) is 9.90 Å². The van der Waals surface area contributed by atoms with Crippen molar-refractivity contribution in [2.24, 2.45) is 17.8 Å². The maximum absolute atomic E-state index is 10.8. The van der Waals surface area contributed by atoms with E-state index >= 15 is 0 Å². The number of ether oxygens (including phenoxy) is 3. The van der Waals surface area contributed by atoms with Crippen molar-refractivity contribution in [3.8, 4) is 0 Å². The second kappa shape index (κ2) is 9.28. The van der Waals surface area contributed by atoms with Gasteiger partial charge < -0.3 is 19.3 Å². The molecule has 0 spiro atoms. The van der Waals surface area contributed by atoms with Crippen LogP contribution in [0.1, 0.15) is 45.4 Å². The molecule has 25 heavy (non-hydrogen) atoms. The van der Waals surface area contributed by atoms with E-state index in [0.717, 1.165) is 45.1 Å². The maximum atomic E-state index is 10.8. The second-order valence-corrected chi connectivity index (χ2v) is 7.39. The fourth-order valence-electron chi connectivity index (χ4n) is 4.26. The number of aliphatic hydroxyl groups excluding tert-OH is 1. The first-order chi connectivity index (χ1) is 12.2. The molecule has 1 unspecified atom stereocenters. The van der Waals surface area contributed by atoms with E-state index in [-0.39, 0.29) is 42.9 Å². The monoisotopic (exact) mass is 358 g/mol. The third-order valence-electron chi connectivity index (χ3n) is 5.58. The van der Waals surface area contributed by atoms with E-state index in [0.29, 0.717) is 13.2 Å². The summed E-state index contributed by atoms with van der Waals surface area (Å²) in [4.78, 5) is 20.3. The molecule has 2 aliphatic heterocycles. The molecule has 2 heterocycles. The molecule has 1 aliphatic carbocycles. The highest BCUT2D eigenvalue weighted by molar-refractivity contribution is 5.65. The van der Waals surface area contributed by atoms with Crippen molar-refractivity contribution >= 4 is 5.97 Å². The Hall–Kier alpha value is -0.730. The molecule has 0 radical (unpaired) electrons. The summed E-state index contributed by atoms with van der Waals surface area (Å²) in [6, 6.07) is 0. The molecule has 0 aromatic rings. The molecular weight excluding hydrogens is 328 g/mol. The molecular formula is C18H30O7. The van der Waals surface area contributed by atoms with Gasteiger partial charge in [0.05, 0.1) is 25.4 Å². The Kier molecular flexibility index (Phi) is 7.07. The van der Waals surface area contributed by atoms with Crippen LogP contribution in [0.4, 0.5) is 0 Å². The molecule has 3 aliphatic rings. The minimum Gasteiger partial charge on any atom is -0.396 e. The van der Waals surface area contributed by atoms with E-state index in [4.69, 9.17) is 19.1 Å². The van der Waals surface area contributed by atoms with Crippen LogP contribution in [-0.4, -0.2) is 56.0 Å². The molecule has 7 nitrogen and oxygen atoms in total. The van der Waals surface area contributed by atoms with Gasteiger partial charge in [-0.3, -0.25) is 4.89 Å². The van der Waals surface area contributed by atoms with Gasteiger partial charge in [-0.2, -0.15) is 4.89 Å². The van der Waals surface area contributed by atoms with E-state index in [2.05, 4.69) is 4.89 Å². The van der Waals surface area contributed by atoms with Crippen molar-refractivity contribution in [3.63, 3.8) is 0 Å². The number of carbonyl (C=O) groups is 1. The predicted octanol–water partition coefficient (Wildman–Crippen LogP) is 1.82. The third-order valence-corrected chi connectivity index (χ3v) is 5.58. The molecule has 3 fully saturated rings. The van der Waals surface area contributed by atoms with Crippen LogP contribution in [0, 0.1) is 17.8 Å². The zero-order valence-electron chi connectivity index (χ0n) is 14.9. The van der Waals surface area contributed by atoms with Crippen molar-refractivity contribution < 1.29 is 33.9 Å². The van der Waals surface area contributed by atoms with Gasteiger partial charge in [0.1, 0.15) is 0 Å². The lowest BCUT2D eigenvalue weighted by molar-refractivity contribution is -0.277. The van der Waals surface area contributed by atoms with Crippen LogP contribution in [0.2, 0.25) is 0 Å². The van der Waals surface area contributed by atoms with Crippen molar-refractivity contribution in [2.45, 2.75) is 63.9 Å². The summed E-state index contributed by atoms with van der Waals surface area (Å²) in [5.41, 5.74) is 0. The molecule has 7 heteroatoms. The zero-order valence-corrected chi connectivity index (χ0v) is 14.9. The summed E-state index contributed by atoms with van der Waals surface area (Å²) in [5.74, 6) is 0.128. The molecule has 2 saturated heterocycles. The lowest BCUT2D eigenvalue weighted by Gasteiger charge is -2.29. The average molecular weight is 358 g/mol. The Bertz CT molecular complexity index is 424. The van der Waals surface area contributed by atoms with E-state index in [1.165, 1.54) is 6.92 Å². The molecule has 1 saturated carbocycles. The lowest BCUT2D eigenvalue weighted by Crippen LogP contribution is -2.33. The quantitative estimate of drug-likeness (QED) is 0.573. The van der Waals surface area contributed by atoms with Crippen LogP contribution >= 0.6 is 0 Å². The second-order valence-electron chi connectivity index (χ2n) is 7.39. The van der Waals surface area contributed by atoms with Gasteiger partial charge in [-0.05, 0) is 38.0 Å². The summed E-state index contributed by atoms with van der Waals surface area (Å²) in [6.45, 7) is 3.10. The maximum Gasteiger partial charge on any atom is 0.339 e. The Morgan fingerprint density at radius 1 is 1.20 bits per heavy atom. The highest BCUT2D eigenvalue weighted by Crippen LogP contribution is 2.42. The van der Waals surface area contributed by atoms with Crippen LogP contribution in [0.25, 0.3) is 0 Å². The molecule has 144 valence electrons. The zero-order chi connectivity index (χ0) is 17.6. The smallest absolute Gasteiger partial charge is 0.339 e. The fourth-order valence-corrected chi connectivity index (χ4v) is 4.26. The van der Waals surface area contributed by atoms with Crippen LogP contribution in [0.3, 0.4) is 0 Å². The van der Waals surface area contributed by atoms with Gasteiger partial charge in [-0.1, -0.05) is 0 Å².